The second-order valence-electron chi connectivity index (χ2n) is 6.38. The number of aryl methyl sites for hydroxylation is 1. The lowest BCUT2D eigenvalue weighted by Gasteiger charge is -2.11. The van der Waals surface area contributed by atoms with E-state index in [-0.39, 0.29) is 11.9 Å². The highest BCUT2D eigenvalue weighted by atomic mass is 35.5. The fraction of sp³-hybridized carbons (Fsp3) is 0.222. The second kappa shape index (κ2) is 7.38. The molecule has 0 bridgehead atoms. The Labute approximate surface area is 170 Å². The van der Waals surface area contributed by atoms with Crippen LogP contribution in [0.2, 0.25) is 10.0 Å². The average molecular weight is 419 g/mol. The molecule has 0 aliphatic heterocycles. The molecular weight excluding hydrogens is 403 g/mol. The molecule has 0 spiro atoms. The van der Waals surface area contributed by atoms with Gasteiger partial charge < -0.3 is 15.0 Å². The summed E-state index contributed by atoms with van der Waals surface area (Å²) in [5.74, 6) is 0.989. The third-order valence-electron chi connectivity index (χ3n) is 3.86. The fourth-order valence-corrected chi connectivity index (χ4v) is 3.01. The highest BCUT2D eigenvalue weighted by Crippen LogP contribution is 2.36. The van der Waals surface area contributed by atoms with Gasteiger partial charge in [-0.2, -0.15) is 10.1 Å². The molecule has 4 rings (SSSR count). The molecule has 10 heteroatoms. The average Bonchev–Trinajstić information content (AvgIpc) is 3.28. The van der Waals surface area contributed by atoms with E-state index < -0.39 is 0 Å². The first-order valence-corrected chi connectivity index (χ1v) is 9.21. The smallest absolute Gasteiger partial charge is 0.278 e. The zero-order chi connectivity index (χ0) is 19.8. The van der Waals surface area contributed by atoms with Gasteiger partial charge in [-0.3, -0.25) is 0 Å². The molecule has 0 unspecified atom stereocenters. The Hall–Kier alpha value is -2.68. The number of rotatable bonds is 5. The highest BCUT2D eigenvalue weighted by Gasteiger charge is 2.18. The largest absolute Gasteiger partial charge is 0.490 e. The molecule has 0 aliphatic carbocycles. The minimum atomic E-state index is -0.127. The molecule has 1 aromatic carbocycles. The Morgan fingerprint density at radius 2 is 2.04 bits per heavy atom. The lowest BCUT2D eigenvalue weighted by atomic mass is 10.2. The van der Waals surface area contributed by atoms with Crippen LogP contribution in [0.3, 0.4) is 0 Å². The van der Waals surface area contributed by atoms with Crippen molar-refractivity contribution in [2.75, 3.05) is 6.61 Å². The van der Waals surface area contributed by atoms with E-state index in [4.69, 9.17) is 38.2 Å². The number of nitrogens with zero attached hydrogens (tertiary/aromatic N) is 5. The first-order valence-electron chi connectivity index (χ1n) is 8.45. The minimum absolute atomic E-state index is 0.127. The summed E-state index contributed by atoms with van der Waals surface area (Å²) < 4.78 is 12.6. The van der Waals surface area contributed by atoms with Crippen molar-refractivity contribution < 1.29 is 9.26 Å². The molecule has 1 atom stereocenters. The van der Waals surface area contributed by atoms with E-state index in [0.717, 1.165) is 5.69 Å². The molecule has 0 amide bonds. The third-order valence-corrected chi connectivity index (χ3v) is 4.47. The fourth-order valence-electron chi connectivity index (χ4n) is 2.55. The standard InChI is InChI=1S/C18H16Cl2N6O2/c1-9(21)8-27-15-6-12(19)11(5-13(15)20)17-23-18(28-25-17)14-7-26-16(22-14)4-3-10(2)24-26/h3-7,9H,8,21H2,1-2H3/t9-/m1/s1. The van der Waals surface area contributed by atoms with Crippen LogP contribution in [-0.4, -0.2) is 37.4 Å². The number of aromatic nitrogens is 5. The monoisotopic (exact) mass is 418 g/mol. The normalized spacial score (nSPS) is 12.5. The molecule has 0 saturated carbocycles. The van der Waals surface area contributed by atoms with E-state index in [2.05, 4.69) is 20.2 Å². The van der Waals surface area contributed by atoms with Gasteiger partial charge in [-0.1, -0.05) is 28.4 Å². The van der Waals surface area contributed by atoms with Crippen molar-refractivity contribution in [2.45, 2.75) is 19.9 Å². The van der Waals surface area contributed by atoms with Crippen LogP contribution in [0, 0.1) is 6.92 Å². The summed E-state index contributed by atoms with van der Waals surface area (Å²) in [4.78, 5) is 8.83. The molecule has 0 saturated heterocycles. The van der Waals surface area contributed by atoms with Gasteiger partial charge in [0.2, 0.25) is 5.82 Å². The van der Waals surface area contributed by atoms with E-state index in [1.165, 1.54) is 0 Å². The van der Waals surface area contributed by atoms with Crippen LogP contribution in [0.15, 0.2) is 35.0 Å². The number of nitrogens with two attached hydrogens (primary N) is 1. The molecule has 144 valence electrons. The van der Waals surface area contributed by atoms with Crippen molar-refractivity contribution in [1.29, 1.82) is 0 Å². The van der Waals surface area contributed by atoms with Crippen molar-refractivity contribution >= 4 is 28.8 Å². The van der Waals surface area contributed by atoms with E-state index in [0.29, 0.717) is 45.1 Å². The summed E-state index contributed by atoms with van der Waals surface area (Å²) in [6, 6.07) is 6.85. The molecule has 2 N–H and O–H groups in total. The van der Waals surface area contributed by atoms with Crippen LogP contribution in [0.25, 0.3) is 28.6 Å². The Balaban J connectivity index is 1.65. The topological polar surface area (TPSA) is 104 Å². The van der Waals surface area contributed by atoms with E-state index >= 15 is 0 Å². The van der Waals surface area contributed by atoms with Gasteiger partial charge in [0.1, 0.15) is 18.1 Å². The van der Waals surface area contributed by atoms with Gasteiger partial charge >= 0.3 is 0 Å². The predicted molar refractivity (Wildman–Crippen MR) is 106 cm³/mol. The highest BCUT2D eigenvalue weighted by molar-refractivity contribution is 6.36. The second-order valence-corrected chi connectivity index (χ2v) is 7.19. The van der Waals surface area contributed by atoms with Crippen molar-refractivity contribution in [1.82, 2.24) is 24.7 Å². The van der Waals surface area contributed by atoms with E-state index in [1.54, 1.807) is 22.8 Å². The third kappa shape index (κ3) is 3.66. The number of ether oxygens (including phenoxy) is 1. The van der Waals surface area contributed by atoms with Crippen LogP contribution in [-0.2, 0) is 0 Å². The van der Waals surface area contributed by atoms with Crippen LogP contribution in [0.5, 0.6) is 5.75 Å². The summed E-state index contributed by atoms with van der Waals surface area (Å²) in [5.41, 5.74) is 8.28. The van der Waals surface area contributed by atoms with E-state index in [9.17, 15) is 0 Å². The Morgan fingerprint density at radius 1 is 1.21 bits per heavy atom. The van der Waals surface area contributed by atoms with Gasteiger partial charge in [-0.25, -0.2) is 9.50 Å². The van der Waals surface area contributed by atoms with Crippen LogP contribution >= 0.6 is 23.2 Å². The minimum Gasteiger partial charge on any atom is -0.490 e. The number of hydrogen-bond acceptors (Lipinski definition) is 7. The lowest BCUT2D eigenvalue weighted by Crippen LogP contribution is -2.23. The molecule has 8 nitrogen and oxygen atoms in total. The molecular formula is C18H16Cl2N6O2. The predicted octanol–water partition coefficient (Wildman–Crippen LogP) is 3.79. The Kier molecular flexibility index (Phi) is 4.92. The number of halogens is 2. The van der Waals surface area contributed by atoms with Gasteiger partial charge in [-0.05, 0) is 32.0 Å². The molecule has 0 aliphatic rings. The maximum absolute atomic E-state index is 6.37. The van der Waals surface area contributed by atoms with Gasteiger partial charge in [-0.15, -0.1) is 0 Å². The van der Waals surface area contributed by atoms with Gasteiger partial charge in [0, 0.05) is 17.7 Å². The van der Waals surface area contributed by atoms with Crippen molar-refractivity contribution in [2.24, 2.45) is 5.73 Å². The van der Waals surface area contributed by atoms with E-state index in [1.807, 2.05) is 26.0 Å². The zero-order valence-corrected chi connectivity index (χ0v) is 16.6. The van der Waals surface area contributed by atoms with Gasteiger partial charge in [0.25, 0.3) is 5.89 Å². The SMILES string of the molecule is Cc1ccc2nc(-c3nc(-c4cc(Cl)c(OC[C@@H](C)N)cc4Cl)no3)cn2n1. The first kappa shape index (κ1) is 18.7. The summed E-state index contributed by atoms with van der Waals surface area (Å²) in [5, 5.41) is 9.10. The number of imidazole rings is 1. The van der Waals surface area contributed by atoms with Gasteiger partial charge in [0.05, 0.1) is 21.9 Å². The summed E-state index contributed by atoms with van der Waals surface area (Å²) in [6.45, 7) is 4.06. The molecule has 0 radical (unpaired) electrons. The molecule has 4 aromatic rings. The molecule has 0 fully saturated rings. The summed E-state index contributed by atoms with van der Waals surface area (Å²) >= 11 is 12.7. The maximum Gasteiger partial charge on any atom is 0.278 e. The van der Waals surface area contributed by atoms with Crippen LogP contribution < -0.4 is 10.5 Å². The van der Waals surface area contributed by atoms with Crippen LogP contribution in [0.1, 0.15) is 12.6 Å². The van der Waals surface area contributed by atoms with Gasteiger partial charge in [0.15, 0.2) is 5.65 Å². The number of hydrogen-bond donors (Lipinski definition) is 1. The van der Waals surface area contributed by atoms with Crippen molar-refractivity contribution in [3.8, 4) is 28.7 Å². The molecule has 28 heavy (non-hydrogen) atoms. The van der Waals surface area contributed by atoms with Crippen LogP contribution in [0.4, 0.5) is 0 Å². The van der Waals surface area contributed by atoms with Crippen molar-refractivity contribution in [3.05, 3.63) is 46.2 Å². The maximum atomic E-state index is 6.37. The quantitative estimate of drug-likeness (QED) is 0.525. The Morgan fingerprint density at radius 3 is 2.82 bits per heavy atom. The zero-order valence-electron chi connectivity index (χ0n) is 15.1. The lowest BCUT2D eigenvalue weighted by molar-refractivity contribution is 0.296. The van der Waals surface area contributed by atoms with Crippen molar-refractivity contribution in [3.63, 3.8) is 0 Å². The first-order chi connectivity index (χ1) is 13.4. The summed E-state index contributed by atoms with van der Waals surface area (Å²) in [7, 11) is 0. The number of fused-ring (bicyclic) bond motifs is 1. The molecule has 3 heterocycles. The Bertz CT molecular complexity index is 1150. The summed E-state index contributed by atoms with van der Waals surface area (Å²) in [6.07, 6.45) is 1.72. The number of benzene rings is 1. The molecule has 3 aromatic heterocycles.